The minimum Gasteiger partial charge on any atom is -0.494 e. The van der Waals surface area contributed by atoms with E-state index in [0.717, 1.165) is 26.7 Å². The van der Waals surface area contributed by atoms with Gasteiger partial charge in [0.2, 0.25) is 0 Å². The Morgan fingerprint density at radius 1 is 1.19 bits per heavy atom. The molecule has 0 N–H and O–H groups in total. The van der Waals surface area contributed by atoms with E-state index in [-0.39, 0.29) is 0 Å². The normalized spacial score (nSPS) is 10.7. The molecule has 1 aromatic carbocycles. The van der Waals surface area contributed by atoms with Crippen LogP contribution in [0, 0.1) is 6.92 Å². The number of rotatable bonds is 4. The summed E-state index contributed by atoms with van der Waals surface area (Å²) in [6.45, 7) is 7.32. The van der Waals surface area contributed by atoms with Crippen molar-refractivity contribution in [2.75, 3.05) is 13.2 Å². The summed E-state index contributed by atoms with van der Waals surface area (Å²) in [5.74, 6) is 0.902. The number of fused-ring (bicyclic) bond motifs is 1. The third-order valence-electron chi connectivity index (χ3n) is 2.22. The summed E-state index contributed by atoms with van der Waals surface area (Å²) in [5.41, 5.74) is 2.14. The molecule has 0 radical (unpaired) electrons. The maximum Gasteiger partial charge on any atom is 0.274 e. The van der Waals surface area contributed by atoms with Crippen LogP contribution in [0.3, 0.4) is 0 Å². The van der Waals surface area contributed by atoms with Crippen molar-refractivity contribution in [1.29, 1.82) is 0 Å². The zero-order valence-corrected chi connectivity index (χ0v) is 10.6. The van der Waals surface area contributed by atoms with Crippen molar-refractivity contribution in [1.82, 2.24) is 4.98 Å². The molecule has 3 nitrogen and oxygen atoms in total. The molecular formula is C12H15NO2S. The first-order valence-corrected chi connectivity index (χ1v) is 6.23. The molecule has 1 heterocycles. The SMILES string of the molecule is CCOc1cc(C)c2nc(OCC)sc2c1. The molecule has 0 fully saturated rings. The molecule has 0 spiro atoms. The van der Waals surface area contributed by atoms with Crippen LogP contribution < -0.4 is 9.47 Å². The Labute approximate surface area is 99.0 Å². The summed E-state index contributed by atoms with van der Waals surface area (Å²) in [6.07, 6.45) is 0. The monoisotopic (exact) mass is 237 g/mol. The first kappa shape index (κ1) is 11.2. The smallest absolute Gasteiger partial charge is 0.274 e. The van der Waals surface area contributed by atoms with Gasteiger partial charge in [0.15, 0.2) is 0 Å². The van der Waals surface area contributed by atoms with Gasteiger partial charge in [-0.05, 0) is 38.5 Å². The van der Waals surface area contributed by atoms with E-state index in [1.54, 1.807) is 11.3 Å². The summed E-state index contributed by atoms with van der Waals surface area (Å²) in [4.78, 5) is 4.44. The first-order valence-electron chi connectivity index (χ1n) is 5.41. The number of aromatic nitrogens is 1. The molecule has 0 saturated carbocycles. The Balaban J connectivity index is 2.45. The zero-order valence-electron chi connectivity index (χ0n) is 9.74. The highest BCUT2D eigenvalue weighted by Gasteiger charge is 2.08. The summed E-state index contributed by atoms with van der Waals surface area (Å²) in [6, 6.07) is 4.04. The molecule has 1 aromatic heterocycles. The lowest BCUT2D eigenvalue weighted by Gasteiger charge is -2.03. The fourth-order valence-electron chi connectivity index (χ4n) is 1.58. The van der Waals surface area contributed by atoms with Crippen molar-refractivity contribution in [2.45, 2.75) is 20.8 Å². The van der Waals surface area contributed by atoms with Crippen molar-refractivity contribution in [3.05, 3.63) is 17.7 Å². The minimum atomic E-state index is 0.650. The van der Waals surface area contributed by atoms with Crippen LogP contribution in [0.2, 0.25) is 0 Å². The molecule has 16 heavy (non-hydrogen) atoms. The molecule has 0 unspecified atom stereocenters. The average Bonchev–Trinajstić information content (AvgIpc) is 2.62. The van der Waals surface area contributed by atoms with E-state index in [2.05, 4.69) is 4.98 Å². The molecule has 2 aromatic rings. The van der Waals surface area contributed by atoms with Gasteiger partial charge in [-0.25, -0.2) is 4.98 Å². The highest BCUT2D eigenvalue weighted by Crippen LogP contribution is 2.33. The number of benzene rings is 1. The van der Waals surface area contributed by atoms with Crippen LogP contribution >= 0.6 is 11.3 Å². The van der Waals surface area contributed by atoms with Crippen LogP contribution in [0.4, 0.5) is 0 Å². The molecule has 0 atom stereocenters. The number of nitrogens with zero attached hydrogens (tertiary/aromatic N) is 1. The van der Waals surface area contributed by atoms with Crippen molar-refractivity contribution < 1.29 is 9.47 Å². The highest BCUT2D eigenvalue weighted by atomic mass is 32.1. The van der Waals surface area contributed by atoms with Crippen molar-refractivity contribution in [3.63, 3.8) is 0 Å². The predicted molar refractivity (Wildman–Crippen MR) is 66.7 cm³/mol. The van der Waals surface area contributed by atoms with Gasteiger partial charge in [-0.1, -0.05) is 11.3 Å². The standard InChI is InChI=1S/C12H15NO2S/c1-4-14-9-6-8(3)11-10(7-9)16-12(13-11)15-5-2/h6-7H,4-5H2,1-3H3. The number of hydrogen-bond donors (Lipinski definition) is 0. The van der Waals surface area contributed by atoms with Crippen LogP contribution in [0.5, 0.6) is 10.9 Å². The highest BCUT2D eigenvalue weighted by molar-refractivity contribution is 7.20. The molecule has 0 saturated heterocycles. The van der Waals surface area contributed by atoms with E-state index in [1.807, 2.05) is 32.9 Å². The van der Waals surface area contributed by atoms with E-state index in [0.29, 0.717) is 13.2 Å². The molecule has 4 heteroatoms. The minimum absolute atomic E-state index is 0.650. The molecule has 0 bridgehead atoms. The summed E-state index contributed by atoms with van der Waals surface area (Å²) >= 11 is 1.56. The lowest BCUT2D eigenvalue weighted by atomic mass is 10.2. The van der Waals surface area contributed by atoms with Gasteiger partial charge in [0.1, 0.15) is 5.75 Å². The van der Waals surface area contributed by atoms with Crippen molar-refractivity contribution in [2.24, 2.45) is 0 Å². The molecule has 0 amide bonds. The van der Waals surface area contributed by atoms with E-state index in [1.165, 1.54) is 0 Å². The van der Waals surface area contributed by atoms with Gasteiger partial charge in [0, 0.05) is 0 Å². The first-order chi connectivity index (χ1) is 7.74. The van der Waals surface area contributed by atoms with Gasteiger partial charge in [0.25, 0.3) is 5.19 Å². The van der Waals surface area contributed by atoms with Crippen LogP contribution in [0.15, 0.2) is 12.1 Å². The molecule has 2 rings (SSSR count). The number of aryl methyl sites for hydroxylation is 1. The molecule has 0 aliphatic carbocycles. The fourth-order valence-corrected chi connectivity index (χ4v) is 2.56. The van der Waals surface area contributed by atoms with E-state index >= 15 is 0 Å². The van der Waals surface area contributed by atoms with E-state index in [9.17, 15) is 0 Å². The van der Waals surface area contributed by atoms with Crippen molar-refractivity contribution >= 4 is 21.6 Å². The Bertz CT molecular complexity index is 493. The molecule has 86 valence electrons. The second-order valence-electron chi connectivity index (χ2n) is 3.43. The van der Waals surface area contributed by atoms with Gasteiger partial charge in [-0.3, -0.25) is 0 Å². The quantitative estimate of drug-likeness (QED) is 0.816. The van der Waals surface area contributed by atoms with Crippen LogP contribution in [-0.2, 0) is 0 Å². The zero-order chi connectivity index (χ0) is 11.5. The number of ether oxygens (including phenoxy) is 2. The topological polar surface area (TPSA) is 31.4 Å². The average molecular weight is 237 g/mol. The fraction of sp³-hybridized carbons (Fsp3) is 0.417. The number of thiazole rings is 1. The lowest BCUT2D eigenvalue weighted by Crippen LogP contribution is -1.91. The lowest BCUT2D eigenvalue weighted by molar-refractivity contribution is 0.339. The maximum atomic E-state index is 5.50. The van der Waals surface area contributed by atoms with Gasteiger partial charge in [-0.2, -0.15) is 0 Å². The van der Waals surface area contributed by atoms with Crippen LogP contribution in [-0.4, -0.2) is 18.2 Å². The molecule has 0 aliphatic heterocycles. The Kier molecular flexibility index (Phi) is 3.29. The largest absolute Gasteiger partial charge is 0.494 e. The Morgan fingerprint density at radius 2 is 1.94 bits per heavy atom. The van der Waals surface area contributed by atoms with E-state index < -0.39 is 0 Å². The summed E-state index contributed by atoms with van der Waals surface area (Å²) in [5, 5.41) is 0.731. The van der Waals surface area contributed by atoms with Crippen LogP contribution in [0.1, 0.15) is 19.4 Å². The third-order valence-corrected chi connectivity index (χ3v) is 3.13. The Morgan fingerprint density at radius 3 is 2.62 bits per heavy atom. The molecular weight excluding hydrogens is 222 g/mol. The molecule has 0 aliphatic rings. The number of hydrogen-bond acceptors (Lipinski definition) is 4. The second-order valence-corrected chi connectivity index (χ2v) is 4.43. The van der Waals surface area contributed by atoms with Crippen LogP contribution in [0.25, 0.3) is 10.2 Å². The van der Waals surface area contributed by atoms with E-state index in [4.69, 9.17) is 9.47 Å². The van der Waals surface area contributed by atoms with Gasteiger partial charge < -0.3 is 9.47 Å². The Hall–Kier alpha value is -1.29. The van der Waals surface area contributed by atoms with Gasteiger partial charge in [0.05, 0.1) is 23.4 Å². The summed E-state index contributed by atoms with van der Waals surface area (Å²) in [7, 11) is 0. The predicted octanol–water partition coefficient (Wildman–Crippen LogP) is 3.40. The van der Waals surface area contributed by atoms with Gasteiger partial charge in [-0.15, -0.1) is 0 Å². The summed E-state index contributed by atoms with van der Waals surface area (Å²) < 4.78 is 12.0. The van der Waals surface area contributed by atoms with Crippen molar-refractivity contribution in [3.8, 4) is 10.9 Å². The van der Waals surface area contributed by atoms with Gasteiger partial charge >= 0.3 is 0 Å². The second kappa shape index (κ2) is 4.70. The maximum absolute atomic E-state index is 5.50. The third kappa shape index (κ3) is 2.11.